The molecule has 0 spiro atoms. The van der Waals surface area contributed by atoms with Crippen molar-refractivity contribution in [2.45, 2.75) is 19.4 Å². The molecule has 0 amide bonds. The zero-order valence-electron chi connectivity index (χ0n) is 7.55. The molecule has 1 unspecified atom stereocenters. The highest BCUT2D eigenvalue weighted by atomic mass is 16.5. The number of nitrogens with one attached hydrogen (secondary N) is 1. The van der Waals surface area contributed by atoms with Gasteiger partial charge in [0, 0.05) is 13.1 Å². The Balaban J connectivity index is 2.24. The fourth-order valence-electron chi connectivity index (χ4n) is 1.16. The van der Waals surface area contributed by atoms with Crippen molar-refractivity contribution < 1.29 is 4.74 Å². The molecule has 1 heterocycles. The molecule has 1 aliphatic heterocycles. The monoisotopic (exact) mass is 168 g/mol. The van der Waals surface area contributed by atoms with Crippen LogP contribution in [0.5, 0.6) is 0 Å². The van der Waals surface area contributed by atoms with Gasteiger partial charge in [0.05, 0.1) is 19.3 Å². The molecule has 0 aromatic carbocycles. The molecular weight excluding hydrogens is 152 g/mol. The fraction of sp³-hybridized carbons (Fsp3) is 0.778. The summed E-state index contributed by atoms with van der Waals surface area (Å²) in [6, 6.07) is 0.170. The van der Waals surface area contributed by atoms with Gasteiger partial charge in [-0.1, -0.05) is 12.8 Å². The molecule has 1 atom stereocenters. The van der Waals surface area contributed by atoms with E-state index in [1.54, 1.807) is 0 Å². The lowest BCUT2D eigenvalue weighted by atomic mass is 10.2. The summed E-state index contributed by atoms with van der Waals surface area (Å²) in [4.78, 5) is 0. The molecule has 68 valence electrons. The SMILES string of the molecule is C#CC(CC)NN1CCOCC1. The Labute approximate surface area is 74.0 Å². The number of terminal acetylenes is 1. The molecule has 0 radical (unpaired) electrons. The van der Waals surface area contributed by atoms with Crippen LogP contribution in [0.4, 0.5) is 0 Å². The molecule has 3 nitrogen and oxygen atoms in total. The summed E-state index contributed by atoms with van der Waals surface area (Å²) in [5.74, 6) is 2.71. The van der Waals surface area contributed by atoms with Crippen LogP contribution in [-0.2, 0) is 4.74 Å². The van der Waals surface area contributed by atoms with Crippen LogP contribution in [0.25, 0.3) is 0 Å². The van der Waals surface area contributed by atoms with E-state index in [0.717, 1.165) is 32.7 Å². The molecule has 0 aromatic heterocycles. The van der Waals surface area contributed by atoms with E-state index in [0.29, 0.717) is 0 Å². The van der Waals surface area contributed by atoms with Crippen molar-refractivity contribution in [2.24, 2.45) is 0 Å². The average molecular weight is 168 g/mol. The van der Waals surface area contributed by atoms with Crippen LogP contribution in [0, 0.1) is 12.3 Å². The maximum atomic E-state index is 5.33. The molecule has 0 aromatic rings. The van der Waals surface area contributed by atoms with Crippen molar-refractivity contribution in [3.63, 3.8) is 0 Å². The third kappa shape index (κ3) is 2.82. The van der Waals surface area contributed by atoms with E-state index in [2.05, 4.69) is 23.3 Å². The second kappa shape index (κ2) is 5.15. The van der Waals surface area contributed by atoms with Gasteiger partial charge < -0.3 is 4.74 Å². The van der Waals surface area contributed by atoms with Crippen molar-refractivity contribution in [1.29, 1.82) is 0 Å². The first-order valence-corrected chi connectivity index (χ1v) is 4.41. The lowest BCUT2D eigenvalue weighted by Gasteiger charge is -2.29. The van der Waals surface area contributed by atoms with Crippen LogP contribution in [-0.4, -0.2) is 37.4 Å². The first-order valence-electron chi connectivity index (χ1n) is 4.41. The summed E-state index contributed by atoms with van der Waals surface area (Å²) >= 11 is 0. The molecule has 0 saturated carbocycles. The van der Waals surface area contributed by atoms with Gasteiger partial charge >= 0.3 is 0 Å². The average Bonchev–Trinajstić information content (AvgIpc) is 2.16. The van der Waals surface area contributed by atoms with Gasteiger partial charge in [-0.15, -0.1) is 6.42 Å². The van der Waals surface area contributed by atoms with Crippen LogP contribution >= 0.6 is 0 Å². The Bertz CT molecular complexity index is 158. The molecule has 1 rings (SSSR count). The van der Waals surface area contributed by atoms with Crippen LogP contribution in [0.2, 0.25) is 0 Å². The summed E-state index contributed by atoms with van der Waals surface area (Å²) in [7, 11) is 0. The van der Waals surface area contributed by atoms with E-state index in [-0.39, 0.29) is 6.04 Å². The number of morpholine rings is 1. The largest absolute Gasteiger partial charge is 0.379 e. The highest BCUT2D eigenvalue weighted by Gasteiger charge is 2.12. The third-order valence-corrected chi connectivity index (χ3v) is 1.96. The molecule has 0 bridgehead atoms. The zero-order valence-corrected chi connectivity index (χ0v) is 7.55. The van der Waals surface area contributed by atoms with Crippen LogP contribution < -0.4 is 5.43 Å². The molecule has 1 saturated heterocycles. The Morgan fingerprint density at radius 2 is 2.25 bits per heavy atom. The van der Waals surface area contributed by atoms with Gasteiger partial charge in [0.15, 0.2) is 0 Å². The molecule has 1 fully saturated rings. The van der Waals surface area contributed by atoms with E-state index in [9.17, 15) is 0 Å². The Kier molecular flexibility index (Phi) is 4.09. The van der Waals surface area contributed by atoms with Crippen molar-refractivity contribution in [3.05, 3.63) is 0 Å². The van der Waals surface area contributed by atoms with Crippen molar-refractivity contribution in [2.75, 3.05) is 26.3 Å². The highest BCUT2D eigenvalue weighted by Crippen LogP contribution is 1.96. The molecule has 12 heavy (non-hydrogen) atoms. The Morgan fingerprint density at radius 3 is 2.75 bits per heavy atom. The number of hydrogen-bond acceptors (Lipinski definition) is 3. The van der Waals surface area contributed by atoms with Gasteiger partial charge in [0.1, 0.15) is 0 Å². The smallest absolute Gasteiger partial charge is 0.0817 e. The number of hydrazine groups is 1. The summed E-state index contributed by atoms with van der Waals surface area (Å²) in [5.41, 5.74) is 3.27. The predicted octanol–water partition coefficient (Wildman–Crippen LogP) is 0.235. The van der Waals surface area contributed by atoms with E-state index in [4.69, 9.17) is 11.2 Å². The van der Waals surface area contributed by atoms with E-state index in [1.807, 2.05) is 0 Å². The number of nitrogens with zero attached hydrogens (tertiary/aromatic N) is 1. The number of ether oxygens (including phenoxy) is 1. The van der Waals surface area contributed by atoms with E-state index < -0.39 is 0 Å². The quantitative estimate of drug-likeness (QED) is 0.611. The lowest BCUT2D eigenvalue weighted by molar-refractivity contribution is 0.00764. The topological polar surface area (TPSA) is 24.5 Å². The number of rotatable bonds is 3. The van der Waals surface area contributed by atoms with Gasteiger partial charge in [-0.3, -0.25) is 0 Å². The van der Waals surface area contributed by atoms with Crippen LogP contribution in [0.15, 0.2) is 0 Å². The van der Waals surface area contributed by atoms with Gasteiger partial charge in [-0.05, 0) is 6.42 Å². The first kappa shape index (κ1) is 9.53. The maximum absolute atomic E-state index is 5.33. The zero-order chi connectivity index (χ0) is 8.81. The molecular formula is C9H16N2O. The van der Waals surface area contributed by atoms with Crippen LogP contribution in [0.3, 0.4) is 0 Å². The molecule has 1 N–H and O–H groups in total. The van der Waals surface area contributed by atoms with Gasteiger partial charge in [0.25, 0.3) is 0 Å². The van der Waals surface area contributed by atoms with E-state index >= 15 is 0 Å². The number of hydrogen-bond donors (Lipinski definition) is 1. The minimum absolute atomic E-state index is 0.170. The fourth-order valence-corrected chi connectivity index (χ4v) is 1.16. The first-order chi connectivity index (χ1) is 5.86. The minimum Gasteiger partial charge on any atom is -0.379 e. The minimum atomic E-state index is 0.170. The van der Waals surface area contributed by atoms with Gasteiger partial charge in [-0.25, -0.2) is 10.4 Å². The summed E-state index contributed by atoms with van der Waals surface area (Å²) in [5, 5.41) is 2.14. The Hall–Kier alpha value is -0.560. The lowest BCUT2D eigenvalue weighted by Crippen LogP contribution is -2.49. The van der Waals surface area contributed by atoms with E-state index in [1.165, 1.54) is 0 Å². The van der Waals surface area contributed by atoms with Crippen molar-refractivity contribution >= 4 is 0 Å². The second-order valence-electron chi connectivity index (χ2n) is 2.86. The summed E-state index contributed by atoms with van der Waals surface area (Å²) < 4.78 is 5.22. The summed E-state index contributed by atoms with van der Waals surface area (Å²) in [6.45, 7) is 5.54. The van der Waals surface area contributed by atoms with Crippen molar-refractivity contribution in [3.8, 4) is 12.3 Å². The van der Waals surface area contributed by atoms with Gasteiger partial charge in [0.2, 0.25) is 0 Å². The Morgan fingerprint density at radius 1 is 1.58 bits per heavy atom. The van der Waals surface area contributed by atoms with Crippen LogP contribution in [0.1, 0.15) is 13.3 Å². The maximum Gasteiger partial charge on any atom is 0.0817 e. The second-order valence-corrected chi connectivity index (χ2v) is 2.86. The highest BCUT2D eigenvalue weighted by molar-refractivity contribution is 4.97. The molecule has 0 aliphatic carbocycles. The molecule has 1 aliphatic rings. The van der Waals surface area contributed by atoms with Crippen molar-refractivity contribution in [1.82, 2.24) is 10.4 Å². The van der Waals surface area contributed by atoms with Gasteiger partial charge in [-0.2, -0.15) is 0 Å². The third-order valence-electron chi connectivity index (χ3n) is 1.96. The predicted molar refractivity (Wildman–Crippen MR) is 48.4 cm³/mol. The molecule has 3 heteroatoms. The summed E-state index contributed by atoms with van der Waals surface area (Å²) in [6.07, 6.45) is 6.30. The standard InChI is InChI=1S/C9H16N2O/c1-3-9(4-2)10-11-5-7-12-8-6-11/h1,9-10H,4-8H2,2H3. The normalized spacial score (nSPS) is 21.7.